The molecule has 66 valence electrons. The van der Waals surface area contributed by atoms with Crippen molar-refractivity contribution in [3.63, 3.8) is 0 Å². The summed E-state index contributed by atoms with van der Waals surface area (Å²) < 4.78 is 0. The van der Waals surface area contributed by atoms with Crippen LogP contribution in [0.1, 0.15) is 0 Å². The van der Waals surface area contributed by atoms with Crippen LogP contribution in [-0.4, -0.2) is 15.6 Å². The Morgan fingerprint density at radius 2 is 0.917 bits per heavy atom. The van der Waals surface area contributed by atoms with E-state index >= 15 is 0 Å². The molecule has 0 fully saturated rings. The van der Waals surface area contributed by atoms with E-state index in [4.69, 9.17) is 15.6 Å². The Hall–Kier alpha value is -1.50. The molecule has 0 saturated heterocycles. The quantitative estimate of drug-likeness (QED) is 0.381. The number of anilines is 3. The first-order chi connectivity index (χ1) is 5.80. The van der Waals surface area contributed by atoms with Gasteiger partial charge in [-0.3, -0.25) is 32.1 Å². The molecule has 0 unspecified atom stereocenters. The zero-order valence-corrected chi connectivity index (χ0v) is 6.07. The highest BCUT2D eigenvalue weighted by atomic mass is 16.5. The number of benzene rings is 1. The highest BCUT2D eigenvalue weighted by molar-refractivity contribution is 5.65. The maximum absolute atomic E-state index is 8.51. The van der Waals surface area contributed by atoms with Gasteiger partial charge in [-0.1, -0.05) is 0 Å². The van der Waals surface area contributed by atoms with Crippen molar-refractivity contribution in [3.8, 4) is 0 Å². The normalized spacial score (nSPS) is 9.25. The molecule has 0 atom stereocenters. The molecule has 1 rings (SSSR count). The molecule has 0 aliphatic rings. The molecule has 6 heteroatoms. The first-order valence-corrected chi connectivity index (χ1v) is 3.15. The van der Waals surface area contributed by atoms with E-state index in [0.717, 1.165) is 0 Å². The Labute approximate surface area is 68.3 Å². The number of hydrogen-bond donors (Lipinski definition) is 6. The second-order valence-corrected chi connectivity index (χ2v) is 2.13. The Balaban J connectivity index is 3.01. The Morgan fingerprint density at radius 3 is 1.08 bits per heavy atom. The summed E-state index contributed by atoms with van der Waals surface area (Å²) in [4.78, 5) is 0. The highest BCUT2D eigenvalue weighted by Crippen LogP contribution is 2.21. The first-order valence-electron chi connectivity index (χ1n) is 3.15. The molecular formula is C6H9N3O3. The van der Waals surface area contributed by atoms with Crippen molar-refractivity contribution in [1.82, 2.24) is 0 Å². The lowest BCUT2D eigenvalue weighted by molar-refractivity contribution is 0.382. The lowest BCUT2D eigenvalue weighted by atomic mass is 10.2. The zero-order chi connectivity index (χ0) is 8.97. The van der Waals surface area contributed by atoms with Gasteiger partial charge in [0.05, 0.1) is 17.1 Å². The van der Waals surface area contributed by atoms with E-state index in [-0.39, 0.29) is 0 Å². The summed E-state index contributed by atoms with van der Waals surface area (Å²) in [5.74, 6) is 0. The van der Waals surface area contributed by atoms with Crippen LogP contribution in [0.4, 0.5) is 17.1 Å². The lowest BCUT2D eigenvalue weighted by Crippen LogP contribution is -1.97. The van der Waals surface area contributed by atoms with Crippen molar-refractivity contribution >= 4 is 17.1 Å². The lowest BCUT2D eigenvalue weighted by Gasteiger charge is -2.06. The molecule has 0 saturated carbocycles. The minimum absolute atomic E-state index is 0.339. The SMILES string of the molecule is ONc1cc(NO)cc(NO)c1. The van der Waals surface area contributed by atoms with Gasteiger partial charge in [0, 0.05) is 0 Å². The predicted molar refractivity (Wildman–Crippen MR) is 42.7 cm³/mol. The molecule has 0 heterocycles. The maximum atomic E-state index is 8.51. The fourth-order valence-electron chi connectivity index (χ4n) is 0.821. The van der Waals surface area contributed by atoms with Gasteiger partial charge in [0.1, 0.15) is 0 Å². The summed E-state index contributed by atoms with van der Waals surface area (Å²) in [5, 5.41) is 25.5. The summed E-state index contributed by atoms with van der Waals surface area (Å²) >= 11 is 0. The highest BCUT2D eigenvalue weighted by Gasteiger charge is 1.98. The molecule has 0 radical (unpaired) electrons. The van der Waals surface area contributed by atoms with Crippen molar-refractivity contribution in [1.29, 1.82) is 0 Å². The van der Waals surface area contributed by atoms with Gasteiger partial charge in [-0.25, -0.2) is 0 Å². The van der Waals surface area contributed by atoms with Crippen LogP contribution < -0.4 is 16.4 Å². The van der Waals surface area contributed by atoms with E-state index in [1.54, 1.807) is 0 Å². The third-order valence-corrected chi connectivity index (χ3v) is 1.32. The van der Waals surface area contributed by atoms with Crippen LogP contribution >= 0.6 is 0 Å². The smallest absolute Gasteiger partial charge is 0.0644 e. The second kappa shape index (κ2) is 3.77. The summed E-state index contributed by atoms with van der Waals surface area (Å²) in [5.41, 5.74) is 6.64. The predicted octanol–water partition coefficient (Wildman–Crippen LogP) is 1.09. The molecular weight excluding hydrogens is 162 g/mol. The average molecular weight is 171 g/mol. The topological polar surface area (TPSA) is 96.8 Å². The van der Waals surface area contributed by atoms with Gasteiger partial charge in [0.25, 0.3) is 0 Å². The van der Waals surface area contributed by atoms with Crippen LogP contribution in [0.25, 0.3) is 0 Å². The molecule has 0 bridgehead atoms. The van der Waals surface area contributed by atoms with Gasteiger partial charge in [-0.2, -0.15) is 0 Å². The molecule has 0 aliphatic carbocycles. The minimum Gasteiger partial charge on any atom is -0.291 e. The van der Waals surface area contributed by atoms with Crippen LogP contribution in [0.3, 0.4) is 0 Å². The van der Waals surface area contributed by atoms with Crippen LogP contribution in [-0.2, 0) is 0 Å². The molecule has 1 aromatic rings. The summed E-state index contributed by atoms with van der Waals surface area (Å²) in [6, 6.07) is 4.34. The van der Waals surface area contributed by atoms with E-state index in [1.807, 2.05) is 16.4 Å². The van der Waals surface area contributed by atoms with Crippen molar-refractivity contribution in [3.05, 3.63) is 18.2 Å². The van der Waals surface area contributed by atoms with Gasteiger partial charge < -0.3 is 0 Å². The molecule has 12 heavy (non-hydrogen) atoms. The van der Waals surface area contributed by atoms with Gasteiger partial charge in [0.2, 0.25) is 0 Å². The number of rotatable bonds is 3. The molecule has 0 aliphatic heterocycles. The summed E-state index contributed by atoms with van der Waals surface area (Å²) in [6.45, 7) is 0. The van der Waals surface area contributed by atoms with Crippen LogP contribution in [0, 0.1) is 0 Å². The zero-order valence-electron chi connectivity index (χ0n) is 6.07. The average Bonchev–Trinajstić information content (AvgIpc) is 2.16. The third-order valence-electron chi connectivity index (χ3n) is 1.32. The summed E-state index contributed by atoms with van der Waals surface area (Å²) in [7, 11) is 0. The second-order valence-electron chi connectivity index (χ2n) is 2.13. The standard InChI is InChI=1S/C6H9N3O3/c10-7-4-1-5(8-11)3-6(2-4)9-12/h1-3,7-12H. The van der Waals surface area contributed by atoms with Gasteiger partial charge in [-0.05, 0) is 18.2 Å². The van der Waals surface area contributed by atoms with E-state index in [1.165, 1.54) is 18.2 Å². The fraction of sp³-hybridized carbons (Fsp3) is 0. The molecule has 1 aromatic carbocycles. The van der Waals surface area contributed by atoms with E-state index < -0.39 is 0 Å². The molecule has 0 spiro atoms. The monoisotopic (exact) mass is 171 g/mol. The Morgan fingerprint density at radius 1 is 0.667 bits per heavy atom. The number of hydrogen-bond acceptors (Lipinski definition) is 6. The van der Waals surface area contributed by atoms with Gasteiger partial charge in [-0.15, -0.1) is 0 Å². The van der Waals surface area contributed by atoms with E-state index in [9.17, 15) is 0 Å². The van der Waals surface area contributed by atoms with Crippen molar-refractivity contribution in [2.75, 3.05) is 16.4 Å². The molecule has 6 nitrogen and oxygen atoms in total. The molecule has 0 aromatic heterocycles. The van der Waals surface area contributed by atoms with Crippen LogP contribution in [0.5, 0.6) is 0 Å². The molecule has 0 amide bonds. The molecule has 6 N–H and O–H groups in total. The van der Waals surface area contributed by atoms with Crippen LogP contribution in [0.2, 0.25) is 0 Å². The third kappa shape index (κ3) is 1.76. The van der Waals surface area contributed by atoms with Crippen molar-refractivity contribution in [2.45, 2.75) is 0 Å². The Kier molecular flexibility index (Phi) is 2.70. The van der Waals surface area contributed by atoms with Gasteiger partial charge >= 0.3 is 0 Å². The first kappa shape index (κ1) is 8.60. The van der Waals surface area contributed by atoms with E-state index in [2.05, 4.69) is 0 Å². The maximum Gasteiger partial charge on any atom is 0.0644 e. The Bertz CT molecular complexity index is 211. The van der Waals surface area contributed by atoms with Crippen molar-refractivity contribution < 1.29 is 15.6 Å². The van der Waals surface area contributed by atoms with Gasteiger partial charge in [0.15, 0.2) is 0 Å². The number of nitrogens with one attached hydrogen (secondary N) is 3. The van der Waals surface area contributed by atoms with Crippen molar-refractivity contribution in [2.24, 2.45) is 0 Å². The minimum atomic E-state index is 0.339. The fourth-order valence-corrected chi connectivity index (χ4v) is 0.821. The summed E-state index contributed by atoms with van der Waals surface area (Å²) in [6.07, 6.45) is 0. The van der Waals surface area contributed by atoms with Crippen LogP contribution in [0.15, 0.2) is 18.2 Å². The van der Waals surface area contributed by atoms with E-state index in [0.29, 0.717) is 17.1 Å². The largest absolute Gasteiger partial charge is 0.291 e.